The molecule has 2 N–H and O–H groups in total. The third kappa shape index (κ3) is 6.87. The second-order valence-electron chi connectivity index (χ2n) is 5.49. The molecule has 1 aromatic carbocycles. The minimum Gasteiger partial charge on any atom is -0.380 e. The van der Waals surface area contributed by atoms with E-state index in [4.69, 9.17) is 4.74 Å². The Morgan fingerprint density at radius 3 is 2.33 bits per heavy atom. The Hall–Kier alpha value is -1.20. The average Bonchev–Trinajstić information content (AvgIpc) is 2.49. The number of hydrogen-bond acceptors (Lipinski definition) is 3. The van der Waals surface area contributed by atoms with Crippen LogP contribution in [-0.4, -0.2) is 37.7 Å². The van der Waals surface area contributed by atoms with Gasteiger partial charge in [-0.25, -0.2) is 0 Å². The smallest absolute Gasteiger partial charge is 0.191 e. The maximum atomic E-state index is 5.11. The van der Waals surface area contributed by atoms with E-state index in [-0.39, 0.29) is 4.75 Å². The van der Waals surface area contributed by atoms with Crippen LogP contribution in [0.25, 0.3) is 0 Å². The molecule has 0 aliphatic rings. The molecule has 0 atom stereocenters. The summed E-state index contributed by atoms with van der Waals surface area (Å²) in [6.45, 7) is 6.72. The highest BCUT2D eigenvalue weighted by molar-refractivity contribution is 7.99. The van der Waals surface area contributed by atoms with E-state index in [1.165, 1.54) is 11.1 Å². The summed E-state index contributed by atoms with van der Waals surface area (Å²) in [6, 6.07) is 8.40. The van der Waals surface area contributed by atoms with E-state index in [2.05, 4.69) is 60.0 Å². The highest BCUT2D eigenvalue weighted by atomic mass is 32.2. The van der Waals surface area contributed by atoms with E-state index in [0.29, 0.717) is 6.61 Å². The molecule has 0 radical (unpaired) electrons. The zero-order valence-electron chi connectivity index (χ0n) is 13.7. The Bertz CT molecular complexity index is 443. The van der Waals surface area contributed by atoms with Gasteiger partial charge in [0, 0.05) is 32.0 Å². The molecule has 0 unspecified atom stereocenters. The molecule has 0 aliphatic heterocycles. The molecule has 4 nitrogen and oxygen atoms in total. The molecule has 0 saturated heterocycles. The molecular weight excluding hydrogens is 282 g/mol. The van der Waals surface area contributed by atoms with Gasteiger partial charge in [-0.15, -0.1) is 0 Å². The summed E-state index contributed by atoms with van der Waals surface area (Å²) in [5.74, 6) is 0.832. The first-order valence-corrected chi connectivity index (χ1v) is 8.29. The van der Waals surface area contributed by atoms with Gasteiger partial charge < -0.3 is 15.4 Å². The van der Waals surface area contributed by atoms with Crippen LogP contribution < -0.4 is 10.6 Å². The molecule has 118 valence electrons. The zero-order valence-corrected chi connectivity index (χ0v) is 14.5. The van der Waals surface area contributed by atoms with Gasteiger partial charge in [-0.2, -0.15) is 11.8 Å². The fraction of sp³-hybridized carbons (Fsp3) is 0.562. The van der Waals surface area contributed by atoms with Crippen LogP contribution in [0.1, 0.15) is 25.0 Å². The summed E-state index contributed by atoms with van der Waals surface area (Å²) in [5.41, 5.74) is 2.41. The average molecular weight is 309 g/mol. The van der Waals surface area contributed by atoms with Crippen LogP contribution in [0.3, 0.4) is 0 Å². The van der Waals surface area contributed by atoms with Crippen molar-refractivity contribution >= 4 is 17.7 Å². The van der Waals surface area contributed by atoms with E-state index in [9.17, 15) is 0 Å². The third-order valence-corrected chi connectivity index (χ3v) is 4.50. The lowest BCUT2D eigenvalue weighted by Gasteiger charge is -2.23. The summed E-state index contributed by atoms with van der Waals surface area (Å²) < 4.78 is 5.30. The van der Waals surface area contributed by atoms with Gasteiger partial charge in [0.15, 0.2) is 5.96 Å². The number of guanidine groups is 1. The maximum Gasteiger partial charge on any atom is 0.191 e. The largest absolute Gasteiger partial charge is 0.380 e. The van der Waals surface area contributed by atoms with Gasteiger partial charge >= 0.3 is 0 Å². The zero-order chi connectivity index (χ0) is 15.7. The fourth-order valence-electron chi connectivity index (χ4n) is 1.70. The highest BCUT2D eigenvalue weighted by Gasteiger charge is 2.15. The van der Waals surface area contributed by atoms with E-state index in [1.54, 1.807) is 14.2 Å². The van der Waals surface area contributed by atoms with Crippen molar-refractivity contribution in [3.8, 4) is 0 Å². The van der Waals surface area contributed by atoms with Gasteiger partial charge in [0.05, 0.1) is 6.61 Å². The van der Waals surface area contributed by atoms with Crippen LogP contribution in [0.2, 0.25) is 0 Å². The van der Waals surface area contributed by atoms with Crippen LogP contribution in [0, 0.1) is 0 Å². The van der Waals surface area contributed by atoms with Crippen molar-refractivity contribution in [2.75, 3.05) is 27.0 Å². The topological polar surface area (TPSA) is 45.7 Å². The summed E-state index contributed by atoms with van der Waals surface area (Å²) in [7, 11) is 3.50. The van der Waals surface area contributed by atoms with Crippen molar-refractivity contribution in [3.05, 3.63) is 35.4 Å². The number of methoxy groups -OCH3 is 1. The Morgan fingerprint density at radius 2 is 1.81 bits per heavy atom. The molecule has 0 amide bonds. The number of ether oxygens (including phenoxy) is 1. The van der Waals surface area contributed by atoms with Crippen LogP contribution in [0.15, 0.2) is 29.3 Å². The van der Waals surface area contributed by atoms with Gasteiger partial charge in [0.25, 0.3) is 0 Å². The Labute approximate surface area is 132 Å². The molecule has 1 rings (SSSR count). The van der Waals surface area contributed by atoms with Gasteiger partial charge in [-0.05, 0) is 31.2 Å². The lowest BCUT2D eigenvalue weighted by molar-refractivity contribution is 0.185. The number of hydrogen-bond donors (Lipinski definition) is 2. The van der Waals surface area contributed by atoms with Crippen molar-refractivity contribution < 1.29 is 4.74 Å². The number of nitrogens with zero attached hydrogens (tertiary/aromatic N) is 1. The van der Waals surface area contributed by atoms with Crippen LogP contribution >= 0.6 is 11.8 Å². The second-order valence-corrected chi connectivity index (χ2v) is 7.01. The lowest BCUT2D eigenvalue weighted by atomic mass is 10.1. The van der Waals surface area contributed by atoms with Gasteiger partial charge in [0.1, 0.15) is 0 Å². The summed E-state index contributed by atoms with van der Waals surface area (Å²) in [4.78, 5) is 4.25. The molecule has 5 heteroatoms. The first kappa shape index (κ1) is 17.9. The number of nitrogens with one attached hydrogen (secondary N) is 2. The fourth-order valence-corrected chi connectivity index (χ4v) is 1.91. The lowest BCUT2D eigenvalue weighted by Crippen LogP contribution is -2.42. The quantitative estimate of drug-likeness (QED) is 0.600. The van der Waals surface area contributed by atoms with Gasteiger partial charge in [0.2, 0.25) is 0 Å². The summed E-state index contributed by atoms with van der Waals surface area (Å²) in [6.07, 6.45) is 2.12. The van der Waals surface area contributed by atoms with Crippen molar-refractivity contribution in [1.82, 2.24) is 10.6 Å². The van der Waals surface area contributed by atoms with Crippen molar-refractivity contribution in [1.29, 1.82) is 0 Å². The number of rotatable bonds is 7. The minimum atomic E-state index is 0.194. The van der Waals surface area contributed by atoms with E-state index >= 15 is 0 Å². The standard InChI is InChI=1S/C16H27N3OS/c1-16(2,21-5)12-19-15(17-3)18-10-13-6-8-14(9-7-13)11-20-4/h6-9H,10-12H2,1-5H3,(H2,17,18,19). The first-order valence-electron chi connectivity index (χ1n) is 7.07. The number of thioether (sulfide) groups is 1. The molecule has 1 aromatic rings. The Kier molecular flexibility index (Phi) is 7.61. The predicted molar refractivity (Wildman–Crippen MR) is 93.0 cm³/mol. The first-order chi connectivity index (χ1) is 10.0. The highest BCUT2D eigenvalue weighted by Crippen LogP contribution is 2.19. The van der Waals surface area contributed by atoms with Gasteiger partial charge in [-0.3, -0.25) is 4.99 Å². The summed E-state index contributed by atoms with van der Waals surface area (Å²) >= 11 is 1.84. The van der Waals surface area contributed by atoms with Gasteiger partial charge in [-0.1, -0.05) is 24.3 Å². The number of benzene rings is 1. The van der Waals surface area contributed by atoms with E-state index in [1.807, 2.05) is 11.8 Å². The summed E-state index contributed by atoms with van der Waals surface area (Å²) in [5, 5.41) is 6.69. The molecule has 21 heavy (non-hydrogen) atoms. The van der Waals surface area contributed by atoms with Crippen molar-refractivity contribution in [2.24, 2.45) is 4.99 Å². The van der Waals surface area contributed by atoms with Crippen molar-refractivity contribution in [2.45, 2.75) is 31.7 Å². The molecule has 0 spiro atoms. The maximum absolute atomic E-state index is 5.11. The minimum absolute atomic E-state index is 0.194. The predicted octanol–water partition coefficient (Wildman–Crippen LogP) is 2.64. The van der Waals surface area contributed by atoms with Crippen molar-refractivity contribution in [3.63, 3.8) is 0 Å². The van der Waals surface area contributed by atoms with Crippen LogP contribution in [0.5, 0.6) is 0 Å². The third-order valence-electron chi connectivity index (χ3n) is 3.25. The molecular formula is C16H27N3OS. The molecule has 0 heterocycles. The Morgan fingerprint density at radius 1 is 1.19 bits per heavy atom. The molecule has 0 aliphatic carbocycles. The normalized spacial score (nSPS) is 12.3. The Balaban J connectivity index is 2.44. The monoisotopic (exact) mass is 309 g/mol. The SMILES string of the molecule is CN=C(NCc1ccc(COC)cc1)NCC(C)(C)SC. The molecule has 0 fully saturated rings. The molecule has 0 saturated carbocycles. The van der Waals surface area contributed by atoms with E-state index < -0.39 is 0 Å². The molecule has 0 aromatic heterocycles. The van der Waals surface area contributed by atoms with Crippen LogP contribution in [0.4, 0.5) is 0 Å². The van der Waals surface area contributed by atoms with E-state index in [0.717, 1.165) is 19.0 Å². The number of aliphatic imine (C=N–C) groups is 1. The second kappa shape index (κ2) is 8.95. The van der Waals surface area contributed by atoms with Crippen LogP contribution in [-0.2, 0) is 17.9 Å². The molecule has 0 bridgehead atoms.